The number of amides is 1. The molecule has 6 nitrogen and oxygen atoms in total. The van der Waals surface area contributed by atoms with Crippen LogP contribution in [0.2, 0.25) is 0 Å². The van der Waals surface area contributed by atoms with Gasteiger partial charge in [0, 0.05) is 24.7 Å². The third kappa shape index (κ3) is 3.32. The summed E-state index contributed by atoms with van der Waals surface area (Å²) in [5.41, 5.74) is 5.59. The molecule has 1 aromatic rings. The Morgan fingerprint density at radius 3 is 2.75 bits per heavy atom. The average Bonchev–Trinajstić information content (AvgIpc) is 2.27. The minimum Gasteiger partial charge on any atom is -0.355 e. The van der Waals surface area contributed by atoms with E-state index in [0.717, 1.165) is 0 Å². The van der Waals surface area contributed by atoms with Gasteiger partial charge in [0.15, 0.2) is 0 Å². The van der Waals surface area contributed by atoms with Crippen molar-refractivity contribution in [2.24, 2.45) is 5.73 Å². The van der Waals surface area contributed by atoms with Crippen molar-refractivity contribution in [1.82, 2.24) is 5.32 Å². The summed E-state index contributed by atoms with van der Waals surface area (Å²) >= 11 is 0. The highest BCUT2D eigenvalue weighted by atomic mass is 16.6. The van der Waals surface area contributed by atoms with Crippen LogP contribution in [0.4, 0.5) is 5.69 Å². The fraction of sp³-hybridized carbons (Fsp3) is 0.300. The number of nitrogens with one attached hydrogen (secondary N) is 1. The Bertz CT molecular complexity index is 393. The van der Waals surface area contributed by atoms with Gasteiger partial charge in [-0.3, -0.25) is 14.9 Å². The molecule has 0 fully saturated rings. The van der Waals surface area contributed by atoms with Crippen molar-refractivity contribution in [2.75, 3.05) is 13.1 Å². The van der Waals surface area contributed by atoms with E-state index in [1.54, 1.807) is 18.2 Å². The second-order valence-electron chi connectivity index (χ2n) is 3.20. The molecule has 1 rings (SSSR count). The number of nitrogens with two attached hydrogens (primary N) is 1. The van der Waals surface area contributed by atoms with E-state index in [9.17, 15) is 14.9 Å². The maximum Gasteiger partial charge on any atom is 0.273 e. The summed E-state index contributed by atoms with van der Waals surface area (Å²) in [4.78, 5) is 21.5. The first-order valence-electron chi connectivity index (χ1n) is 4.84. The highest BCUT2D eigenvalue weighted by Gasteiger charge is 2.14. The van der Waals surface area contributed by atoms with Gasteiger partial charge in [-0.1, -0.05) is 18.2 Å². The number of hydrogen-bond donors (Lipinski definition) is 2. The van der Waals surface area contributed by atoms with Gasteiger partial charge in [0.25, 0.3) is 5.69 Å². The van der Waals surface area contributed by atoms with Gasteiger partial charge in [-0.25, -0.2) is 0 Å². The molecule has 0 atom stereocenters. The largest absolute Gasteiger partial charge is 0.355 e. The summed E-state index contributed by atoms with van der Waals surface area (Å²) < 4.78 is 0. The standard InChI is InChI=1S/C10H13N3O3/c11-5-6-12-10(14)7-8-3-1-2-4-9(8)13(15)16/h1-4H,5-7,11H2,(H,12,14). The number of carbonyl (C=O) groups excluding carboxylic acids is 1. The lowest BCUT2D eigenvalue weighted by molar-refractivity contribution is -0.385. The van der Waals surface area contributed by atoms with Crippen LogP contribution < -0.4 is 11.1 Å². The number of para-hydroxylation sites is 1. The second-order valence-corrected chi connectivity index (χ2v) is 3.20. The minimum atomic E-state index is -0.494. The zero-order chi connectivity index (χ0) is 12.0. The molecule has 6 heteroatoms. The topological polar surface area (TPSA) is 98.3 Å². The number of nitrogens with zero attached hydrogens (tertiary/aromatic N) is 1. The molecule has 0 heterocycles. The molecule has 0 unspecified atom stereocenters. The van der Waals surface area contributed by atoms with Gasteiger partial charge in [0.2, 0.25) is 5.91 Å². The molecule has 1 amide bonds. The minimum absolute atomic E-state index is 0.00282. The summed E-state index contributed by atoms with van der Waals surface area (Å²) in [6, 6.07) is 6.18. The molecule has 86 valence electrons. The van der Waals surface area contributed by atoms with Crippen LogP contribution >= 0.6 is 0 Å². The second kappa shape index (κ2) is 5.82. The number of benzene rings is 1. The van der Waals surface area contributed by atoms with Crippen molar-refractivity contribution in [3.63, 3.8) is 0 Å². The lowest BCUT2D eigenvalue weighted by Crippen LogP contribution is -2.30. The van der Waals surface area contributed by atoms with Gasteiger partial charge in [0.1, 0.15) is 0 Å². The molecule has 0 aliphatic carbocycles. The molecule has 0 saturated heterocycles. The van der Waals surface area contributed by atoms with Crippen LogP contribution in [0, 0.1) is 10.1 Å². The Hall–Kier alpha value is -1.95. The van der Waals surface area contributed by atoms with E-state index < -0.39 is 4.92 Å². The average molecular weight is 223 g/mol. The molecule has 0 bridgehead atoms. The third-order valence-corrected chi connectivity index (χ3v) is 2.01. The number of hydrogen-bond acceptors (Lipinski definition) is 4. The fourth-order valence-electron chi connectivity index (χ4n) is 1.29. The normalized spacial score (nSPS) is 9.81. The molecular weight excluding hydrogens is 210 g/mol. The van der Waals surface area contributed by atoms with Crippen molar-refractivity contribution in [3.05, 3.63) is 39.9 Å². The van der Waals surface area contributed by atoms with Crippen LogP contribution in [0.25, 0.3) is 0 Å². The van der Waals surface area contributed by atoms with Crippen molar-refractivity contribution in [2.45, 2.75) is 6.42 Å². The van der Waals surface area contributed by atoms with Crippen molar-refractivity contribution >= 4 is 11.6 Å². The summed E-state index contributed by atoms with van der Waals surface area (Å²) in [6.45, 7) is 0.724. The number of rotatable bonds is 5. The van der Waals surface area contributed by atoms with E-state index in [-0.39, 0.29) is 18.0 Å². The van der Waals surface area contributed by atoms with Crippen LogP contribution in [-0.4, -0.2) is 23.9 Å². The molecule has 16 heavy (non-hydrogen) atoms. The first kappa shape index (κ1) is 12.1. The number of carbonyl (C=O) groups is 1. The zero-order valence-corrected chi connectivity index (χ0v) is 8.68. The van der Waals surface area contributed by atoms with Crippen molar-refractivity contribution in [3.8, 4) is 0 Å². The maximum atomic E-state index is 11.4. The van der Waals surface area contributed by atoms with E-state index in [0.29, 0.717) is 18.7 Å². The van der Waals surface area contributed by atoms with E-state index in [4.69, 9.17) is 5.73 Å². The summed E-state index contributed by atoms with van der Waals surface area (Å²) in [5.74, 6) is -0.264. The quantitative estimate of drug-likeness (QED) is 0.550. The smallest absolute Gasteiger partial charge is 0.273 e. The Kier molecular flexibility index (Phi) is 4.41. The Balaban J connectivity index is 2.73. The third-order valence-electron chi connectivity index (χ3n) is 2.01. The zero-order valence-electron chi connectivity index (χ0n) is 8.68. The van der Waals surface area contributed by atoms with E-state index in [1.807, 2.05) is 0 Å². The van der Waals surface area contributed by atoms with E-state index >= 15 is 0 Å². The molecule has 0 saturated carbocycles. The van der Waals surface area contributed by atoms with Crippen LogP contribution in [-0.2, 0) is 11.2 Å². The molecule has 0 aliphatic rings. The highest BCUT2D eigenvalue weighted by molar-refractivity contribution is 5.79. The lowest BCUT2D eigenvalue weighted by atomic mass is 10.1. The predicted octanol–water partition coefficient (Wildman–Crippen LogP) is 0.212. The maximum absolute atomic E-state index is 11.4. The summed E-state index contributed by atoms with van der Waals surface area (Å²) in [5, 5.41) is 13.2. The number of nitro groups is 1. The van der Waals surface area contributed by atoms with Gasteiger partial charge in [-0.2, -0.15) is 0 Å². The first-order valence-corrected chi connectivity index (χ1v) is 4.84. The fourth-order valence-corrected chi connectivity index (χ4v) is 1.29. The molecular formula is C10H13N3O3. The van der Waals surface area contributed by atoms with E-state index in [2.05, 4.69) is 5.32 Å². The Morgan fingerprint density at radius 1 is 1.44 bits per heavy atom. The van der Waals surface area contributed by atoms with Crippen LogP contribution in [0.1, 0.15) is 5.56 Å². The molecule has 0 aliphatic heterocycles. The van der Waals surface area contributed by atoms with Crippen molar-refractivity contribution in [1.29, 1.82) is 0 Å². The molecule has 3 N–H and O–H groups in total. The Morgan fingerprint density at radius 2 is 2.12 bits per heavy atom. The lowest BCUT2D eigenvalue weighted by Gasteiger charge is -2.04. The van der Waals surface area contributed by atoms with Gasteiger partial charge >= 0.3 is 0 Å². The van der Waals surface area contributed by atoms with Crippen molar-refractivity contribution < 1.29 is 9.72 Å². The molecule has 1 aromatic carbocycles. The Labute approximate surface area is 92.6 Å². The van der Waals surface area contributed by atoms with Crippen LogP contribution in [0.5, 0.6) is 0 Å². The first-order chi connectivity index (χ1) is 7.65. The van der Waals surface area contributed by atoms with Gasteiger partial charge in [-0.15, -0.1) is 0 Å². The monoisotopic (exact) mass is 223 g/mol. The SMILES string of the molecule is NCCNC(=O)Cc1ccccc1[N+](=O)[O-]. The summed E-state index contributed by atoms with van der Waals surface area (Å²) in [6.07, 6.45) is -0.00282. The molecule has 0 spiro atoms. The van der Waals surface area contributed by atoms with Crippen LogP contribution in [0.15, 0.2) is 24.3 Å². The van der Waals surface area contributed by atoms with Crippen LogP contribution in [0.3, 0.4) is 0 Å². The summed E-state index contributed by atoms with van der Waals surface area (Å²) in [7, 11) is 0. The number of nitro benzene ring substituents is 1. The van der Waals surface area contributed by atoms with E-state index in [1.165, 1.54) is 6.07 Å². The molecule has 0 aromatic heterocycles. The van der Waals surface area contributed by atoms with Gasteiger partial charge in [-0.05, 0) is 0 Å². The molecule has 0 radical (unpaired) electrons. The highest BCUT2D eigenvalue weighted by Crippen LogP contribution is 2.17. The van der Waals surface area contributed by atoms with Gasteiger partial charge < -0.3 is 11.1 Å². The predicted molar refractivity (Wildman–Crippen MR) is 58.9 cm³/mol. The van der Waals surface area contributed by atoms with Gasteiger partial charge in [0.05, 0.1) is 11.3 Å².